The van der Waals surface area contributed by atoms with Crippen molar-refractivity contribution in [2.24, 2.45) is 23.3 Å². The monoisotopic (exact) mass is 533 g/mol. The average molecular weight is 534 g/mol. The minimum absolute atomic E-state index is 0.0206. The lowest BCUT2D eigenvalue weighted by Crippen LogP contribution is -2.54. The third kappa shape index (κ3) is 8.13. The first-order valence-corrected chi connectivity index (χ1v) is 13.2. The van der Waals surface area contributed by atoms with Gasteiger partial charge in [-0.15, -0.1) is 0 Å². The minimum atomic E-state index is -1.01. The van der Waals surface area contributed by atoms with Crippen molar-refractivity contribution in [3.8, 4) is 0 Å². The van der Waals surface area contributed by atoms with Crippen molar-refractivity contribution >= 4 is 29.4 Å². The van der Waals surface area contributed by atoms with Gasteiger partial charge in [0.2, 0.25) is 17.7 Å². The van der Waals surface area contributed by atoms with Gasteiger partial charge < -0.3 is 27.0 Å². The summed E-state index contributed by atoms with van der Waals surface area (Å²) in [5.41, 5.74) is 13.8. The Hall–Kier alpha value is -4.21. The molecule has 1 unspecified atom stereocenters. The highest BCUT2D eigenvalue weighted by molar-refractivity contribution is 6.02. The summed E-state index contributed by atoms with van der Waals surface area (Å²) in [5.74, 6) is -2.24. The lowest BCUT2D eigenvalue weighted by atomic mass is 9.83. The molecule has 2 atom stereocenters. The quantitative estimate of drug-likeness (QED) is 0.146. The molecule has 0 bridgehead atoms. The van der Waals surface area contributed by atoms with Gasteiger partial charge in [0.05, 0.1) is 0 Å². The van der Waals surface area contributed by atoms with Gasteiger partial charge in [-0.05, 0) is 36.3 Å². The minimum Gasteiger partial charge on any atom is -0.384 e. The average Bonchev–Trinajstić information content (AvgIpc) is 2.93. The van der Waals surface area contributed by atoms with E-state index in [-0.39, 0.29) is 42.4 Å². The van der Waals surface area contributed by atoms with E-state index in [1.165, 1.54) is 4.90 Å². The smallest absolute Gasteiger partial charge is 0.243 e. The second-order valence-electron chi connectivity index (χ2n) is 10.3. The maximum atomic E-state index is 13.6. The Kier molecular flexibility index (Phi) is 10.2. The van der Waals surface area contributed by atoms with Crippen LogP contribution in [-0.4, -0.2) is 54.4 Å². The summed E-state index contributed by atoms with van der Waals surface area (Å²) in [6.45, 7) is 0.263. The fourth-order valence-electron chi connectivity index (χ4n) is 4.88. The molecule has 0 aliphatic heterocycles. The number of rotatable bonds is 11. The highest BCUT2D eigenvalue weighted by Crippen LogP contribution is 2.27. The fourth-order valence-corrected chi connectivity index (χ4v) is 4.88. The van der Waals surface area contributed by atoms with Crippen molar-refractivity contribution < 1.29 is 14.4 Å². The second kappa shape index (κ2) is 13.5. The van der Waals surface area contributed by atoms with E-state index in [0.717, 1.165) is 43.2 Å². The van der Waals surface area contributed by atoms with E-state index in [0.29, 0.717) is 11.1 Å². The maximum absolute atomic E-state index is 13.6. The first kappa shape index (κ1) is 29.3. The molecule has 2 aromatic carbocycles. The summed E-state index contributed by atoms with van der Waals surface area (Å²) in [7, 11) is 3.20. The SMILES string of the molecule is CN(C)C(=O)C(Cc1ccc(C(=N)N)cc1)C(=O)N[C@H](C(=O)NCc1ccc(C(=N)N)cc1)C1CCCCC1. The van der Waals surface area contributed by atoms with Crippen LogP contribution in [0.15, 0.2) is 48.5 Å². The third-order valence-electron chi connectivity index (χ3n) is 7.19. The van der Waals surface area contributed by atoms with E-state index in [1.54, 1.807) is 62.6 Å². The number of nitrogens with zero attached hydrogens (tertiary/aromatic N) is 1. The number of carbonyl (C=O) groups is 3. The fraction of sp³-hybridized carbons (Fsp3) is 0.414. The van der Waals surface area contributed by atoms with Crippen molar-refractivity contribution in [3.63, 3.8) is 0 Å². The lowest BCUT2D eigenvalue weighted by molar-refractivity contribution is -0.142. The molecule has 39 heavy (non-hydrogen) atoms. The largest absolute Gasteiger partial charge is 0.384 e. The van der Waals surface area contributed by atoms with Crippen LogP contribution in [0.5, 0.6) is 0 Å². The molecule has 0 heterocycles. The number of hydrogen-bond donors (Lipinski definition) is 6. The first-order chi connectivity index (χ1) is 18.6. The molecule has 0 aromatic heterocycles. The van der Waals surface area contributed by atoms with E-state index in [4.69, 9.17) is 22.3 Å². The summed E-state index contributed by atoms with van der Waals surface area (Å²) in [6.07, 6.45) is 4.87. The zero-order valence-corrected chi connectivity index (χ0v) is 22.6. The zero-order valence-electron chi connectivity index (χ0n) is 22.6. The topological polar surface area (TPSA) is 178 Å². The number of nitrogens with two attached hydrogens (primary N) is 2. The van der Waals surface area contributed by atoms with Crippen molar-refractivity contribution in [2.75, 3.05) is 14.1 Å². The number of hydrogen-bond acceptors (Lipinski definition) is 5. The molecule has 10 heteroatoms. The number of benzene rings is 2. The van der Waals surface area contributed by atoms with Crippen molar-refractivity contribution in [1.29, 1.82) is 10.8 Å². The lowest BCUT2D eigenvalue weighted by Gasteiger charge is -2.31. The van der Waals surface area contributed by atoms with E-state index in [9.17, 15) is 14.4 Å². The number of nitrogens with one attached hydrogen (secondary N) is 4. The molecule has 1 aliphatic carbocycles. The Morgan fingerprint density at radius 3 is 1.85 bits per heavy atom. The molecule has 1 aliphatic rings. The molecule has 0 radical (unpaired) electrons. The van der Waals surface area contributed by atoms with Crippen LogP contribution < -0.4 is 22.1 Å². The zero-order chi connectivity index (χ0) is 28.5. The summed E-state index contributed by atoms with van der Waals surface area (Å²) in [5, 5.41) is 21.0. The molecular formula is C29H39N7O3. The van der Waals surface area contributed by atoms with Crippen molar-refractivity contribution in [2.45, 2.75) is 51.1 Å². The molecule has 1 fully saturated rings. The third-order valence-corrected chi connectivity index (χ3v) is 7.19. The van der Waals surface area contributed by atoms with Crippen molar-refractivity contribution in [3.05, 3.63) is 70.8 Å². The van der Waals surface area contributed by atoms with Crippen LogP contribution in [0.4, 0.5) is 0 Å². The standard InChI is InChI=1S/C29H39N7O3/c1-36(2)29(39)23(16-18-8-12-21(13-9-18)25(30)31)27(37)35-24(20-6-4-3-5-7-20)28(38)34-17-19-10-14-22(15-11-19)26(32)33/h8-15,20,23-24H,3-7,16-17H2,1-2H3,(H3,30,31)(H3,32,33)(H,34,38)(H,35,37)/t23?,24-/m0/s1. The summed E-state index contributed by atoms with van der Waals surface area (Å²) in [4.78, 5) is 41.4. The Morgan fingerprint density at radius 2 is 1.36 bits per heavy atom. The Labute approximate surface area is 229 Å². The van der Waals surface area contributed by atoms with Crippen LogP contribution in [-0.2, 0) is 27.3 Å². The van der Waals surface area contributed by atoms with Crippen LogP contribution in [0.2, 0.25) is 0 Å². The van der Waals surface area contributed by atoms with Gasteiger partial charge in [-0.2, -0.15) is 0 Å². The number of carbonyl (C=O) groups excluding carboxylic acids is 3. The van der Waals surface area contributed by atoms with Gasteiger partial charge in [-0.1, -0.05) is 67.8 Å². The molecule has 0 spiro atoms. The number of amides is 3. The molecular weight excluding hydrogens is 494 g/mol. The van der Waals surface area contributed by atoms with E-state index in [1.807, 2.05) is 0 Å². The summed E-state index contributed by atoms with van der Waals surface area (Å²) < 4.78 is 0. The molecule has 8 N–H and O–H groups in total. The van der Waals surface area contributed by atoms with Gasteiger partial charge in [-0.25, -0.2) is 0 Å². The molecule has 3 amide bonds. The van der Waals surface area contributed by atoms with E-state index < -0.39 is 17.9 Å². The Bertz CT molecular complexity index is 1190. The normalized spacial score (nSPS) is 15.0. The van der Waals surface area contributed by atoms with Crippen LogP contribution >= 0.6 is 0 Å². The molecule has 0 saturated heterocycles. The maximum Gasteiger partial charge on any atom is 0.243 e. The van der Waals surface area contributed by atoms with Gasteiger partial charge in [0, 0.05) is 31.8 Å². The van der Waals surface area contributed by atoms with Gasteiger partial charge in [0.25, 0.3) is 0 Å². The number of nitrogen functional groups attached to an aromatic ring is 2. The van der Waals surface area contributed by atoms with Gasteiger partial charge in [0.1, 0.15) is 23.6 Å². The van der Waals surface area contributed by atoms with Crippen LogP contribution in [0, 0.1) is 22.7 Å². The van der Waals surface area contributed by atoms with E-state index >= 15 is 0 Å². The molecule has 10 nitrogen and oxygen atoms in total. The van der Waals surface area contributed by atoms with Gasteiger partial charge >= 0.3 is 0 Å². The van der Waals surface area contributed by atoms with E-state index in [2.05, 4.69) is 10.6 Å². The summed E-state index contributed by atoms with van der Waals surface area (Å²) >= 11 is 0. The predicted molar refractivity (Wildman–Crippen MR) is 151 cm³/mol. The predicted octanol–water partition coefficient (Wildman–Crippen LogP) is 1.88. The molecule has 3 rings (SSSR count). The van der Waals surface area contributed by atoms with Crippen LogP contribution in [0.3, 0.4) is 0 Å². The highest BCUT2D eigenvalue weighted by Gasteiger charge is 2.35. The van der Waals surface area contributed by atoms with Gasteiger partial charge in [0.15, 0.2) is 0 Å². The number of amidine groups is 2. The van der Waals surface area contributed by atoms with Crippen LogP contribution in [0.25, 0.3) is 0 Å². The molecule has 208 valence electrons. The highest BCUT2D eigenvalue weighted by atomic mass is 16.2. The first-order valence-electron chi connectivity index (χ1n) is 13.2. The Balaban J connectivity index is 1.76. The Morgan fingerprint density at radius 1 is 0.846 bits per heavy atom. The van der Waals surface area contributed by atoms with Crippen LogP contribution in [0.1, 0.15) is 54.4 Å². The summed E-state index contributed by atoms with van der Waals surface area (Å²) in [6, 6.07) is 13.2. The molecule has 1 saturated carbocycles. The molecule has 2 aromatic rings. The van der Waals surface area contributed by atoms with Gasteiger partial charge in [-0.3, -0.25) is 25.2 Å². The second-order valence-corrected chi connectivity index (χ2v) is 10.3. The van der Waals surface area contributed by atoms with Crippen molar-refractivity contribution in [1.82, 2.24) is 15.5 Å².